The van der Waals surface area contributed by atoms with Crippen LogP contribution in [0.3, 0.4) is 0 Å². The fraction of sp³-hybridized carbons (Fsp3) is 0.176. The Balaban J connectivity index is 1.84. The van der Waals surface area contributed by atoms with Gasteiger partial charge in [0.25, 0.3) is 5.69 Å². The zero-order valence-electron chi connectivity index (χ0n) is 13.0. The van der Waals surface area contributed by atoms with E-state index in [1.165, 1.54) is 35.2 Å². The highest BCUT2D eigenvalue weighted by Gasteiger charge is 2.30. The van der Waals surface area contributed by atoms with E-state index in [0.717, 1.165) is 10.4 Å². The monoisotopic (exact) mass is 371 g/mol. The molecular formula is C17H13N3O3S2. The summed E-state index contributed by atoms with van der Waals surface area (Å²) in [4.78, 5) is 23.5. The van der Waals surface area contributed by atoms with Gasteiger partial charge in [-0.2, -0.15) is 5.26 Å². The highest BCUT2D eigenvalue weighted by Crippen LogP contribution is 2.38. The minimum absolute atomic E-state index is 0.0247. The van der Waals surface area contributed by atoms with E-state index in [0.29, 0.717) is 16.4 Å². The van der Waals surface area contributed by atoms with Gasteiger partial charge in [-0.05, 0) is 17.0 Å². The molecule has 0 fully saturated rings. The number of hydrogen-bond donors (Lipinski definition) is 1. The normalized spacial score (nSPS) is 17.1. The quantitative estimate of drug-likeness (QED) is 0.634. The first-order valence-electron chi connectivity index (χ1n) is 7.42. The Labute approximate surface area is 152 Å². The summed E-state index contributed by atoms with van der Waals surface area (Å²) in [5.41, 5.74) is 1.32. The maximum atomic E-state index is 12.0. The molecule has 126 valence electrons. The number of nitro benzene ring substituents is 1. The molecule has 0 saturated heterocycles. The van der Waals surface area contributed by atoms with Gasteiger partial charge in [0.1, 0.15) is 0 Å². The third-order valence-corrected chi connectivity index (χ3v) is 5.82. The predicted octanol–water partition coefficient (Wildman–Crippen LogP) is 3.93. The van der Waals surface area contributed by atoms with Crippen LogP contribution < -0.4 is 5.32 Å². The van der Waals surface area contributed by atoms with Crippen LogP contribution in [0.5, 0.6) is 0 Å². The van der Waals surface area contributed by atoms with Crippen LogP contribution in [0.2, 0.25) is 0 Å². The molecular weight excluding hydrogens is 358 g/mol. The van der Waals surface area contributed by atoms with Crippen molar-refractivity contribution in [2.24, 2.45) is 0 Å². The minimum atomic E-state index is -0.441. The van der Waals surface area contributed by atoms with Crippen LogP contribution in [-0.2, 0) is 10.5 Å². The number of carbonyl (C=O) groups is 1. The van der Waals surface area contributed by atoms with Crippen LogP contribution in [0, 0.1) is 21.4 Å². The molecule has 1 N–H and O–H groups in total. The molecule has 2 aromatic rings. The van der Waals surface area contributed by atoms with Gasteiger partial charge < -0.3 is 5.32 Å². The van der Waals surface area contributed by atoms with E-state index in [4.69, 9.17) is 0 Å². The summed E-state index contributed by atoms with van der Waals surface area (Å²) in [6, 6.07) is 12.4. The van der Waals surface area contributed by atoms with Crippen LogP contribution in [-0.4, -0.2) is 10.8 Å². The van der Waals surface area contributed by atoms with E-state index in [1.54, 1.807) is 12.1 Å². The summed E-state index contributed by atoms with van der Waals surface area (Å²) in [6.45, 7) is 0. The topological polar surface area (TPSA) is 96.0 Å². The Kier molecular flexibility index (Phi) is 5.16. The molecule has 1 aromatic carbocycles. The fourth-order valence-electron chi connectivity index (χ4n) is 2.58. The number of benzene rings is 1. The first-order chi connectivity index (χ1) is 12.1. The second-order valence-electron chi connectivity index (χ2n) is 5.39. The van der Waals surface area contributed by atoms with Crippen molar-refractivity contribution in [2.75, 3.05) is 0 Å². The van der Waals surface area contributed by atoms with Gasteiger partial charge in [0.2, 0.25) is 5.91 Å². The molecule has 0 unspecified atom stereocenters. The second kappa shape index (κ2) is 7.51. The van der Waals surface area contributed by atoms with Gasteiger partial charge >= 0.3 is 0 Å². The third-order valence-electron chi connectivity index (χ3n) is 3.75. The van der Waals surface area contributed by atoms with Crippen LogP contribution in [0.25, 0.3) is 0 Å². The first kappa shape index (κ1) is 17.2. The smallest absolute Gasteiger partial charge is 0.269 e. The Bertz CT molecular complexity index is 885. The number of nitrogens with zero attached hydrogens (tertiary/aromatic N) is 2. The molecule has 0 radical (unpaired) electrons. The predicted molar refractivity (Wildman–Crippen MR) is 96.9 cm³/mol. The summed E-state index contributed by atoms with van der Waals surface area (Å²) < 4.78 is 0. The Hall–Kier alpha value is -2.63. The van der Waals surface area contributed by atoms with Crippen LogP contribution >= 0.6 is 23.1 Å². The van der Waals surface area contributed by atoms with Crippen molar-refractivity contribution in [3.05, 3.63) is 72.9 Å². The molecule has 8 heteroatoms. The number of thiophene rings is 1. The van der Waals surface area contributed by atoms with E-state index in [1.807, 2.05) is 17.5 Å². The summed E-state index contributed by atoms with van der Waals surface area (Å²) in [7, 11) is 0. The van der Waals surface area contributed by atoms with Crippen molar-refractivity contribution >= 4 is 34.7 Å². The second-order valence-corrected chi connectivity index (χ2v) is 7.36. The molecule has 0 saturated carbocycles. The van der Waals surface area contributed by atoms with Gasteiger partial charge in [-0.3, -0.25) is 14.9 Å². The number of nitrogens with one attached hydrogen (secondary N) is 1. The molecule has 2 heterocycles. The number of carbonyl (C=O) groups excluding carboxylic acids is 1. The van der Waals surface area contributed by atoms with Gasteiger partial charge in [-0.15, -0.1) is 23.1 Å². The number of amides is 1. The Morgan fingerprint density at radius 1 is 1.40 bits per heavy atom. The SMILES string of the molecule is N#CC1=C(SCc2cccc([N+](=O)[O-])c2)NC(=O)C[C@H]1c1cccs1. The average Bonchev–Trinajstić information content (AvgIpc) is 3.14. The number of non-ortho nitro benzene ring substituents is 1. The lowest BCUT2D eigenvalue weighted by atomic mass is 9.93. The van der Waals surface area contributed by atoms with Crippen LogP contribution in [0.4, 0.5) is 5.69 Å². The summed E-state index contributed by atoms with van der Waals surface area (Å²) in [5, 5.41) is 25.7. The largest absolute Gasteiger partial charge is 0.320 e. The van der Waals surface area contributed by atoms with Crippen LogP contribution in [0.15, 0.2) is 52.4 Å². The van der Waals surface area contributed by atoms with Crippen molar-refractivity contribution in [2.45, 2.75) is 18.1 Å². The van der Waals surface area contributed by atoms with Gasteiger partial charge in [0.05, 0.1) is 21.6 Å². The maximum absolute atomic E-state index is 12.0. The number of rotatable bonds is 5. The Morgan fingerprint density at radius 3 is 2.92 bits per heavy atom. The highest BCUT2D eigenvalue weighted by molar-refractivity contribution is 8.02. The molecule has 1 aliphatic rings. The minimum Gasteiger partial charge on any atom is -0.320 e. The van der Waals surface area contributed by atoms with E-state index < -0.39 is 4.92 Å². The van der Waals surface area contributed by atoms with E-state index >= 15 is 0 Å². The van der Waals surface area contributed by atoms with E-state index in [2.05, 4.69) is 11.4 Å². The number of allylic oxidation sites excluding steroid dienone is 1. The lowest BCUT2D eigenvalue weighted by molar-refractivity contribution is -0.384. The number of nitriles is 1. The lowest BCUT2D eigenvalue weighted by Gasteiger charge is -2.24. The molecule has 0 bridgehead atoms. The molecule has 3 rings (SSSR count). The lowest BCUT2D eigenvalue weighted by Crippen LogP contribution is -2.30. The Morgan fingerprint density at radius 2 is 2.24 bits per heavy atom. The molecule has 1 aromatic heterocycles. The van der Waals surface area contributed by atoms with Crippen molar-refractivity contribution in [1.82, 2.24) is 5.32 Å². The van der Waals surface area contributed by atoms with Gasteiger partial charge in [0, 0.05) is 35.1 Å². The van der Waals surface area contributed by atoms with Crippen molar-refractivity contribution in [3.63, 3.8) is 0 Å². The zero-order valence-corrected chi connectivity index (χ0v) is 14.6. The van der Waals surface area contributed by atoms with Gasteiger partial charge in [-0.1, -0.05) is 18.2 Å². The number of nitro groups is 1. The van der Waals surface area contributed by atoms with Crippen molar-refractivity contribution in [1.29, 1.82) is 5.26 Å². The van der Waals surface area contributed by atoms with Gasteiger partial charge in [-0.25, -0.2) is 0 Å². The third kappa shape index (κ3) is 3.90. The van der Waals surface area contributed by atoms with E-state index in [9.17, 15) is 20.2 Å². The molecule has 1 amide bonds. The zero-order chi connectivity index (χ0) is 17.8. The van der Waals surface area contributed by atoms with Crippen LogP contribution in [0.1, 0.15) is 22.8 Å². The number of hydrogen-bond acceptors (Lipinski definition) is 6. The number of thioether (sulfide) groups is 1. The first-order valence-corrected chi connectivity index (χ1v) is 9.28. The van der Waals surface area contributed by atoms with E-state index in [-0.39, 0.29) is 23.9 Å². The molecule has 0 spiro atoms. The molecule has 6 nitrogen and oxygen atoms in total. The van der Waals surface area contributed by atoms with Gasteiger partial charge in [0.15, 0.2) is 0 Å². The fourth-order valence-corrected chi connectivity index (χ4v) is 4.44. The molecule has 0 aliphatic carbocycles. The summed E-state index contributed by atoms with van der Waals surface area (Å²) >= 11 is 2.84. The summed E-state index contributed by atoms with van der Waals surface area (Å²) in [6.07, 6.45) is 0.254. The van der Waals surface area contributed by atoms with Crippen molar-refractivity contribution in [3.8, 4) is 6.07 Å². The maximum Gasteiger partial charge on any atom is 0.269 e. The highest BCUT2D eigenvalue weighted by atomic mass is 32.2. The molecule has 1 atom stereocenters. The van der Waals surface area contributed by atoms with Crippen molar-refractivity contribution < 1.29 is 9.72 Å². The standard InChI is InChI=1S/C17H13N3O3S2/c18-9-14-13(15-5-2-6-24-15)8-16(21)19-17(14)25-10-11-3-1-4-12(7-11)20(22)23/h1-7,13H,8,10H2,(H,19,21)/t13-/m1/s1. The molecule has 1 aliphatic heterocycles. The molecule has 25 heavy (non-hydrogen) atoms. The summed E-state index contributed by atoms with van der Waals surface area (Å²) in [5.74, 6) is 0.0740. The average molecular weight is 371 g/mol.